The summed E-state index contributed by atoms with van der Waals surface area (Å²) in [5, 5.41) is 9.44. The topological polar surface area (TPSA) is 46.5 Å². The number of ether oxygens (including phenoxy) is 1. The molecule has 0 rings (SSSR count). The molecule has 0 aromatic carbocycles. The Morgan fingerprint density at radius 3 is 1.10 bits per heavy atom. The third kappa shape index (κ3) is 17.8. The van der Waals surface area contributed by atoms with Crippen LogP contribution in [0.1, 0.15) is 156 Å². The van der Waals surface area contributed by atoms with Crippen LogP contribution in [-0.2, 0) is 4.74 Å². The van der Waals surface area contributed by atoms with Crippen LogP contribution in [0.15, 0.2) is 0 Å². The van der Waals surface area contributed by atoms with Crippen LogP contribution in [0.5, 0.6) is 0 Å². The fourth-order valence-corrected chi connectivity index (χ4v) is 4.40. The molecule has 0 fully saturated rings. The lowest BCUT2D eigenvalue weighted by molar-refractivity contribution is -0.0396. The van der Waals surface area contributed by atoms with Gasteiger partial charge in [0, 0.05) is 0 Å². The standard InChI is InChI=1S/C26H52O3/c1-4-7-10-13-16-19-22-26(29-25(27)28,23-20-17-14-11-8-5-2)24-21-18-15-12-9-6-3/h4-24H2,1-3H3,(H,27,28). The third-order valence-corrected chi connectivity index (χ3v) is 6.26. The predicted molar refractivity (Wildman–Crippen MR) is 126 cm³/mol. The van der Waals surface area contributed by atoms with E-state index in [1.54, 1.807) is 0 Å². The quantitative estimate of drug-likeness (QED) is 0.142. The zero-order valence-corrected chi connectivity index (χ0v) is 20.1. The fourth-order valence-electron chi connectivity index (χ4n) is 4.40. The molecule has 0 heterocycles. The van der Waals surface area contributed by atoms with Crippen LogP contribution < -0.4 is 0 Å². The Bertz CT molecular complexity index is 313. The van der Waals surface area contributed by atoms with Crippen molar-refractivity contribution >= 4 is 6.16 Å². The Labute approximate surface area is 182 Å². The minimum Gasteiger partial charge on any atom is -0.450 e. The number of carboxylic acid groups (broad SMARTS) is 1. The van der Waals surface area contributed by atoms with Crippen molar-refractivity contribution in [3.63, 3.8) is 0 Å². The van der Waals surface area contributed by atoms with Gasteiger partial charge in [-0.25, -0.2) is 4.79 Å². The lowest BCUT2D eigenvalue weighted by Gasteiger charge is -2.33. The average Bonchev–Trinajstić information content (AvgIpc) is 2.69. The molecule has 174 valence electrons. The van der Waals surface area contributed by atoms with Crippen molar-refractivity contribution in [2.45, 2.75) is 161 Å². The van der Waals surface area contributed by atoms with E-state index in [0.717, 1.165) is 38.5 Å². The van der Waals surface area contributed by atoms with Crippen molar-refractivity contribution in [2.24, 2.45) is 0 Å². The Morgan fingerprint density at radius 2 is 0.828 bits per heavy atom. The molecule has 0 aliphatic carbocycles. The van der Waals surface area contributed by atoms with Gasteiger partial charge in [0.1, 0.15) is 5.60 Å². The van der Waals surface area contributed by atoms with Gasteiger partial charge < -0.3 is 9.84 Å². The van der Waals surface area contributed by atoms with E-state index in [1.807, 2.05) is 0 Å². The Morgan fingerprint density at radius 1 is 0.552 bits per heavy atom. The zero-order chi connectivity index (χ0) is 21.6. The highest BCUT2D eigenvalue weighted by molar-refractivity contribution is 5.57. The molecule has 0 aliphatic heterocycles. The van der Waals surface area contributed by atoms with Gasteiger partial charge in [-0.2, -0.15) is 0 Å². The summed E-state index contributed by atoms with van der Waals surface area (Å²) in [4.78, 5) is 11.5. The van der Waals surface area contributed by atoms with E-state index in [1.165, 1.54) is 96.3 Å². The molecule has 0 atom stereocenters. The molecule has 0 radical (unpaired) electrons. The van der Waals surface area contributed by atoms with Crippen molar-refractivity contribution in [3.05, 3.63) is 0 Å². The van der Waals surface area contributed by atoms with Crippen LogP contribution in [0, 0.1) is 0 Å². The molecule has 3 nitrogen and oxygen atoms in total. The van der Waals surface area contributed by atoms with E-state index >= 15 is 0 Å². The van der Waals surface area contributed by atoms with E-state index in [0.29, 0.717) is 0 Å². The van der Waals surface area contributed by atoms with E-state index in [9.17, 15) is 9.90 Å². The molecule has 0 aliphatic rings. The Balaban J connectivity index is 4.59. The van der Waals surface area contributed by atoms with Gasteiger partial charge in [-0.15, -0.1) is 0 Å². The highest BCUT2D eigenvalue weighted by Gasteiger charge is 2.33. The van der Waals surface area contributed by atoms with Gasteiger partial charge in [-0.05, 0) is 38.5 Å². The van der Waals surface area contributed by atoms with Crippen LogP contribution in [0.25, 0.3) is 0 Å². The molecule has 3 heteroatoms. The molecule has 0 saturated carbocycles. The monoisotopic (exact) mass is 412 g/mol. The van der Waals surface area contributed by atoms with E-state index < -0.39 is 11.8 Å². The van der Waals surface area contributed by atoms with Crippen LogP contribution in [0.3, 0.4) is 0 Å². The normalized spacial score (nSPS) is 11.7. The van der Waals surface area contributed by atoms with Gasteiger partial charge in [-0.3, -0.25) is 0 Å². The molecule has 0 spiro atoms. The first-order chi connectivity index (χ1) is 14.1. The molecule has 0 saturated heterocycles. The maximum atomic E-state index is 11.5. The second-order valence-electron chi connectivity index (χ2n) is 9.10. The molecule has 0 unspecified atom stereocenters. The Kier molecular flexibility index (Phi) is 20.0. The van der Waals surface area contributed by atoms with E-state index in [4.69, 9.17) is 4.74 Å². The minimum atomic E-state index is -1.08. The number of unbranched alkanes of at least 4 members (excludes halogenated alkanes) is 15. The first-order valence-electron chi connectivity index (χ1n) is 13.0. The highest BCUT2D eigenvalue weighted by atomic mass is 16.7. The third-order valence-electron chi connectivity index (χ3n) is 6.26. The average molecular weight is 413 g/mol. The predicted octanol–water partition coefficient (Wildman–Crippen LogP) is 9.67. The second-order valence-corrected chi connectivity index (χ2v) is 9.10. The summed E-state index contributed by atoms with van der Waals surface area (Å²) in [5.41, 5.74) is -0.438. The van der Waals surface area contributed by atoms with Crippen LogP contribution in [0.4, 0.5) is 4.79 Å². The summed E-state index contributed by atoms with van der Waals surface area (Å²) < 4.78 is 5.64. The molecule has 29 heavy (non-hydrogen) atoms. The molecule has 0 aromatic rings. The van der Waals surface area contributed by atoms with Crippen molar-refractivity contribution in [3.8, 4) is 0 Å². The minimum absolute atomic E-state index is 0.438. The molecule has 1 N–H and O–H groups in total. The number of hydrogen-bond donors (Lipinski definition) is 1. The first kappa shape index (κ1) is 28.3. The summed E-state index contributed by atoms with van der Waals surface area (Å²) in [6.07, 6.45) is 24.0. The molecular weight excluding hydrogens is 360 g/mol. The number of rotatable bonds is 22. The van der Waals surface area contributed by atoms with Crippen molar-refractivity contribution in [2.75, 3.05) is 0 Å². The summed E-state index contributed by atoms with van der Waals surface area (Å²) in [5.74, 6) is 0. The summed E-state index contributed by atoms with van der Waals surface area (Å²) >= 11 is 0. The summed E-state index contributed by atoms with van der Waals surface area (Å²) in [6, 6.07) is 0. The number of hydrogen-bond acceptors (Lipinski definition) is 2. The summed E-state index contributed by atoms with van der Waals surface area (Å²) in [7, 11) is 0. The van der Waals surface area contributed by atoms with Crippen LogP contribution in [0.2, 0.25) is 0 Å². The maximum absolute atomic E-state index is 11.5. The Hall–Kier alpha value is -0.730. The van der Waals surface area contributed by atoms with Crippen molar-refractivity contribution < 1.29 is 14.6 Å². The van der Waals surface area contributed by atoms with Gasteiger partial charge in [0.2, 0.25) is 0 Å². The first-order valence-corrected chi connectivity index (χ1v) is 13.0. The molecular formula is C26H52O3. The lowest BCUT2D eigenvalue weighted by atomic mass is 9.84. The SMILES string of the molecule is CCCCCCCCC(CCCCCCCC)(CCCCCCCC)OC(=O)O. The zero-order valence-electron chi connectivity index (χ0n) is 20.1. The van der Waals surface area contributed by atoms with Gasteiger partial charge in [0.15, 0.2) is 0 Å². The van der Waals surface area contributed by atoms with Crippen LogP contribution >= 0.6 is 0 Å². The van der Waals surface area contributed by atoms with Gasteiger partial charge in [-0.1, -0.05) is 117 Å². The molecule has 0 amide bonds. The van der Waals surface area contributed by atoms with E-state index in [-0.39, 0.29) is 0 Å². The summed E-state index contributed by atoms with van der Waals surface area (Å²) in [6.45, 7) is 6.73. The van der Waals surface area contributed by atoms with Gasteiger partial charge in [0.25, 0.3) is 0 Å². The van der Waals surface area contributed by atoms with Gasteiger partial charge >= 0.3 is 6.16 Å². The highest BCUT2D eigenvalue weighted by Crippen LogP contribution is 2.33. The maximum Gasteiger partial charge on any atom is 0.506 e. The molecule has 0 aromatic heterocycles. The van der Waals surface area contributed by atoms with Crippen LogP contribution in [-0.4, -0.2) is 16.9 Å². The fraction of sp³-hybridized carbons (Fsp3) is 0.962. The number of carbonyl (C=O) groups is 1. The lowest BCUT2D eigenvalue weighted by Crippen LogP contribution is -2.35. The largest absolute Gasteiger partial charge is 0.506 e. The van der Waals surface area contributed by atoms with Crippen molar-refractivity contribution in [1.82, 2.24) is 0 Å². The van der Waals surface area contributed by atoms with Crippen molar-refractivity contribution in [1.29, 1.82) is 0 Å². The second kappa shape index (κ2) is 20.5. The van der Waals surface area contributed by atoms with E-state index in [2.05, 4.69) is 20.8 Å². The van der Waals surface area contributed by atoms with Gasteiger partial charge in [0.05, 0.1) is 0 Å². The smallest absolute Gasteiger partial charge is 0.450 e. The molecule has 0 bridgehead atoms.